The second-order valence-electron chi connectivity index (χ2n) is 5.51. The molecule has 0 aliphatic heterocycles. The second kappa shape index (κ2) is 9.92. The van der Waals surface area contributed by atoms with E-state index < -0.39 is 5.97 Å². The van der Waals surface area contributed by atoms with Crippen molar-refractivity contribution >= 4 is 18.0 Å². The predicted molar refractivity (Wildman–Crippen MR) is 99.1 cm³/mol. The van der Waals surface area contributed by atoms with Crippen LogP contribution in [-0.4, -0.2) is 34.9 Å². The van der Waals surface area contributed by atoms with Crippen LogP contribution in [-0.2, 0) is 25.6 Å². The lowest BCUT2D eigenvalue weighted by Gasteiger charge is -2.02. The van der Waals surface area contributed by atoms with Crippen LogP contribution < -0.4 is 0 Å². The first-order chi connectivity index (χ1) is 13.1. The molecular weight excluding hydrogens is 346 g/mol. The second-order valence-corrected chi connectivity index (χ2v) is 5.51. The summed E-state index contributed by atoms with van der Waals surface area (Å²) in [7, 11) is 0. The highest BCUT2D eigenvalue weighted by Crippen LogP contribution is 2.24. The Morgan fingerprint density at radius 2 is 1.89 bits per heavy atom. The van der Waals surface area contributed by atoms with E-state index in [1.807, 2.05) is 36.4 Å². The average molecular weight is 367 g/mol. The minimum Gasteiger partial charge on any atom is -0.466 e. The predicted octanol–water partition coefficient (Wildman–Crippen LogP) is 2.97. The Bertz CT molecular complexity index is 863. The molecule has 1 aromatic heterocycles. The fraction of sp³-hybridized carbons (Fsp3) is 0.300. The molecule has 7 heteroatoms. The topological polar surface area (TPSA) is 94.2 Å². The van der Waals surface area contributed by atoms with Crippen molar-refractivity contribution in [3.63, 3.8) is 0 Å². The smallest absolute Gasteiger partial charge is 0.348 e. The van der Waals surface area contributed by atoms with E-state index in [1.54, 1.807) is 24.7 Å². The van der Waals surface area contributed by atoms with Gasteiger partial charge in [0.05, 0.1) is 31.9 Å². The van der Waals surface area contributed by atoms with Gasteiger partial charge in [-0.3, -0.25) is 9.48 Å². The van der Waals surface area contributed by atoms with E-state index in [9.17, 15) is 14.9 Å². The van der Waals surface area contributed by atoms with Crippen molar-refractivity contribution in [3.8, 4) is 17.3 Å². The molecule has 0 amide bonds. The molecule has 7 nitrogen and oxygen atoms in total. The summed E-state index contributed by atoms with van der Waals surface area (Å²) in [5.74, 6) is -0.992. The van der Waals surface area contributed by atoms with Gasteiger partial charge in [0.25, 0.3) is 0 Å². The minimum absolute atomic E-state index is 0.112. The highest BCUT2D eigenvalue weighted by Gasteiger charge is 2.15. The Morgan fingerprint density at radius 3 is 2.52 bits per heavy atom. The molecule has 1 heterocycles. The highest BCUT2D eigenvalue weighted by atomic mass is 16.5. The van der Waals surface area contributed by atoms with Crippen LogP contribution in [0.5, 0.6) is 0 Å². The number of carbonyl (C=O) groups excluding carboxylic acids is 2. The third-order valence-electron chi connectivity index (χ3n) is 3.60. The van der Waals surface area contributed by atoms with E-state index >= 15 is 0 Å². The standard InChI is InChI=1S/C20H21N3O4/c1-3-26-18(24)10-11-23-14-17(12-16(13-21)20(25)27-4-2)19(22-23)15-8-6-5-7-9-15/h5-9,12,14H,3-4,10-11H2,1-2H3. The number of esters is 2. The van der Waals surface area contributed by atoms with Crippen LogP contribution in [0.25, 0.3) is 17.3 Å². The molecule has 140 valence electrons. The molecule has 0 aliphatic carbocycles. The first kappa shape index (κ1) is 19.9. The summed E-state index contributed by atoms with van der Waals surface area (Å²) in [5.41, 5.74) is 1.92. The maximum atomic E-state index is 11.9. The number of nitrogens with zero attached hydrogens (tertiary/aromatic N) is 3. The average Bonchev–Trinajstić information content (AvgIpc) is 3.08. The molecule has 0 atom stereocenters. The van der Waals surface area contributed by atoms with E-state index in [-0.39, 0.29) is 24.6 Å². The van der Waals surface area contributed by atoms with Crippen LogP contribution in [0.3, 0.4) is 0 Å². The lowest BCUT2D eigenvalue weighted by atomic mass is 10.1. The number of aryl methyl sites for hydroxylation is 1. The summed E-state index contributed by atoms with van der Waals surface area (Å²) in [4.78, 5) is 23.5. The van der Waals surface area contributed by atoms with Crippen molar-refractivity contribution in [2.75, 3.05) is 13.2 Å². The molecule has 0 unspecified atom stereocenters. The van der Waals surface area contributed by atoms with Crippen molar-refractivity contribution in [2.24, 2.45) is 0 Å². The zero-order chi connectivity index (χ0) is 19.6. The van der Waals surface area contributed by atoms with Crippen molar-refractivity contribution in [2.45, 2.75) is 26.8 Å². The van der Waals surface area contributed by atoms with Gasteiger partial charge in [0.1, 0.15) is 11.6 Å². The summed E-state index contributed by atoms with van der Waals surface area (Å²) in [6.45, 7) is 4.26. The third-order valence-corrected chi connectivity index (χ3v) is 3.60. The minimum atomic E-state index is -0.682. The molecule has 0 aliphatic rings. The summed E-state index contributed by atoms with van der Waals surface area (Å²) in [5, 5.41) is 13.8. The molecule has 2 aromatic rings. The van der Waals surface area contributed by atoms with E-state index in [0.717, 1.165) is 5.56 Å². The monoisotopic (exact) mass is 367 g/mol. The maximum absolute atomic E-state index is 11.9. The maximum Gasteiger partial charge on any atom is 0.348 e. The first-order valence-corrected chi connectivity index (χ1v) is 8.66. The number of hydrogen-bond acceptors (Lipinski definition) is 6. The fourth-order valence-corrected chi connectivity index (χ4v) is 2.42. The number of carbonyl (C=O) groups is 2. The van der Waals surface area contributed by atoms with Gasteiger partial charge in [0.2, 0.25) is 0 Å². The van der Waals surface area contributed by atoms with E-state index in [2.05, 4.69) is 5.10 Å². The zero-order valence-corrected chi connectivity index (χ0v) is 15.3. The molecule has 0 radical (unpaired) electrons. The van der Waals surface area contributed by atoms with Crippen LogP contribution in [0.2, 0.25) is 0 Å². The van der Waals surface area contributed by atoms with Crippen LogP contribution in [0, 0.1) is 11.3 Å². The molecule has 0 bridgehead atoms. The molecule has 1 aromatic carbocycles. The van der Waals surface area contributed by atoms with E-state index in [0.29, 0.717) is 24.4 Å². The van der Waals surface area contributed by atoms with Gasteiger partial charge < -0.3 is 9.47 Å². The van der Waals surface area contributed by atoms with Gasteiger partial charge in [-0.25, -0.2) is 4.79 Å². The third kappa shape index (κ3) is 5.54. The number of aromatic nitrogens is 2. The summed E-state index contributed by atoms with van der Waals surface area (Å²) in [6.07, 6.45) is 3.32. The largest absolute Gasteiger partial charge is 0.466 e. The van der Waals surface area contributed by atoms with E-state index in [1.165, 1.54) is 6.08 Å². The zero-order valence-electron chi connectivity index (χ0n) is 15.3. The Kier molecular flexibility index (Phi) is 7.32. The quantitative estimate of drug-likeness (QED) is 0.404. The Hall–Kier alpha value is -3.40. The number of ether oxygens (including phenoxy) is 2. The van der Waals surface area contributed by atoms with Crippen LogP contribution in [0.4, 0.5) is 0 Å². The van der Waals surface area contributed by atoms with Gasteiger partial charge in [-0.2, -0.15) is 10.4 Å². The number of rotatable bonds is 8. The molecule has 0 saturated carbocycles. The Labute approximate surface area is 157 Å². The molecule has 2 rings (SSSR count). The molecule has 0 saturated heterocycles. The molecule has 0 spiro atoms. The normalized spacial score (nSPS) is 10.9. The number of hydrogen-bond donors (Lipinski definition) is 0. The Morgan fingerprint density at radius 1 is 1.19 bits per heavy atom. The van der Waals surface area contributed by atoms with Crippen molar-refractivity contribution < 1.29 is 19.1 Å². The Balaban J connectivity index is 2.37. The van der Waals surface area contributed by atoms with Crippen molar-refractivity contribution in [1.29, 1.82) is 5.26 Å². The van der Waals surface area contributed by atoms with Gasteiger partial charge in [-0.15, -0.1) is 0 Å². The van der Waals surface area contributed by atoms with Crippen LogP contribution in [0.15, 0.2) is 42.1 Å². The number of nitriles is 1. The molecule has 27 heavy (non-hydrogen) atoms. The van der Waals surface area contributed by atoms with Crippen molar-refractivity contribution in [3.05, 3.63) is 47.7 Å². The van der Waals surface area contributed by atoms with Gasteiger partial charge >= 0.3 is 11.9 Å². The van der Waals surface area contributed by atoms with Crippen LogP contribution >= 0.6 is 0 Å². The van der Waals surface area contributed by atoms with Gasteiger partial charge in [-0.05, 0) is 19.9 Å². The lowest BCUT2D eigenvalue weighted by Crippen LogP contribution is -2.09. The van der Waals surface area contributed by atoms with Crippen molar-refractivity contribution in [1.82, 2.24) is 9.78 Å². The van der Waals surface area contributed by atoms with Gasteiger partial charge in [0, 0.05) is 17.3 Å². The first-order valence-electron chi connectivity index (χ1n) is 8.66. The fourth-order valence-electron chi connectivity index (χ4n) is 2.42. The van der Waals surface area contributed by atoms with Crippen LogP contribution in [0.1, 0.15) is 25.8 Å². The molecule has 0 N–H and O–H groups in total. The van der Waals surface area contributed by atoms with E-state index in [4.69, 9.17) is 9.47 Å². The van der Waals surface area contributed by atoms with Gasteiger partial charge in [-0.1, -0.05) is 30.3 Å². The summed E-state index contributed by atoms with van der Waals surface area (Å²) >= 11 is 0. The highest BCUT2D eigenvalue weighted by molar-refractivity contribution is 5.98. The summed E-state index contributed by atoms with van der Waals surface area (Å²) in [6, 6.07) is 11.3. The SMILES string of the molecule is CCOC(=O)CCn1cc(C=C(C#N)C(=O)OCC)c(-c2ccccc2)n1. The number of benzene rings is 1. The summed E-state index contributed by atoms with van der Waals surface area (Å²) < 4.78 is 11.4. The lowest BCUT2D eigenvalue weighted by molar-refractivity contribution is -0.143. The molecule has 0 fully saturated rings. The van der Waals surface area contributed by atoms with Gasteiger partial charge in [0.15, 0.2) is 0 Å². The molecular formula is C20H21N3O4.